The molecule has 0 aromatic carbocycles. The van der Waals surface area contributed by atoms with E-state index >= 15 is 0 Å². The zero-order chi connectivity index (χ0) is 15.4. The molecule has 2 atom stereocenters. The summed E-state index contributed by atoms with van der Waals surface area (Å²) in [5.41, 5.74) is 0. The minimum absolute atomic E-state index is 0.190. The lowest BCUT2D eigenvalue weighted by atomic mass is 9.86. The standard InChI is InChI=1S/C16H28N2O3/c1-11-4-3-5-12(2)18(11)15(19)10-17-14-8-6-13(7-9-14)16(20)21/h11-14,17H,3-10H2,1-2H3,(H,20,21). The summed E-state index contributed by atoms with van der Waals surface area (Å²) in [6.45, 7) is 4.65. The average molecular weight is 296 g/mol. The third-order valence-electron chi connectivity index (χ3n) is 5.10. The molecule has 120 valence electrons. The van der Waals surface area contributed by atoms with Crippen LogP contribution in [0.3, 0.4) is 0 Å². The number of likely N-dealkylation sites (tertiary alicyclic amines) is 1. The fourth-order valence-corrected chi connectivity index (χ4v) is 3.78. The van der Waals surface area contributed by atoms with E-state index < -0.39 is 5.97 Å². The number of piperidine rings is 1. The summed E-state index contributed by atoms with van der Waals surface area (Å²) < 4.78 is 0. The van der Waals surface area contributed by atoms with Crippen LogP contribution >= 0.6 is 0 Å². The lowest BCUT2D eigenvalue weighted by Gasteiger charge is -2.39. The predicted octanol–water partition coefficient (Wildman–Crippen LogP) is 2.01. The maximum absolute atomic E-state index is 12.4. The SMILES string of the molecule is CC1CCCC(C)N1C(=O)CNC1CCC(C(=O)O)CC1. The van der Waals surface area contributed by atoms with Crippen molar-refractivity contribution in [2.24, 2.45) is 5.92 Å². The normalized spacial score (nSPS) is 33.7. The van der Waals surface area contributed by atoms with Gasteiger partial charge in [0.05, 0.1) is 12.5 Å². The molecular formula is C16H28N2O3. The van der Waals surface area contributed by atoms with Crippen LogP contribution in [0.2, 0.25) is 0 Å². The van der Waals surface area contributed by atoms with E-state index in [1.54, 1.807) is 0 Å². The number of nitrogens with one attached hydrogen (secondary N) is 1. The zero-order valence-electron chi connectivity index (χ0n) is 13.2. The molecule has 2 fully saturated rings. The zero-order valence-corrected chi connectivity index (χ0v) is 13.2. The first-order valence-electron chi connectivity index (χ1n) is 8.26. The molecule has 0 aromatic heterocycles. The molecule has 0 aromatic rings. The smallest absolute Gasteiger partial charge is 0.306 e. The molecule has 2 unspecified atom stereocenters. The second kappa shape index (κ2) is 7.25. The van der Waals surface area contributed by atoms with Gasteiger partial charge in [-0.2, -0.15) is 0 Å². The lowest BCUT2D eigenvalue weighted by molar-refractivity contribution is -0.143. The van der Waals surface area contributed by atoms with Crippen LogP contribution < -0.4 is 5.32 Å². The number of carboxylic acids is 1. The Morgan fingerprint density at radius 1 is 1.05 bits per heavy atom. The molecule has 5 nitrogen and oxygen atoms in total. The molecule has 1 amide bonds. The molecule has 1 aliphatic carbocycles. The van der Waals surface area contributed by atoms with Gasteiger partial charge in [-0.3, -0.25) is 9.59 Å². The van der Waals surface area contributed by atoms with Gasteiger partial charge >= 0.3 is 5.97 Å². The first-order chi connectivity index (χ1) is 9.99. The highest BCUT2D eigenvalue weighted by Gasteiger charge is 2.30. The Labute approximate surface area is 127 Å². The van der Waals surface area contributed by atoms with Crippen molar-refractivity contribution in [1.82, 2.24) is 10.2 Å². The summed E-state index contributed by atoms with van der Waals surface area (Å²) in [5, 5.41) is 12.3. The Morgan fingerprint density at radius 3 is 2.14 bits per heavy atom. The van der Waals surface area contributed by atoms with Crippen molar-refractivity contribution < 1.29 is 14.7 Å². The topological polar surface area (TPSA) is 69.6 Å². The minimum atomic E-state index is -0.680. The Hall–Kier alpha value is -1.10. The second-order valence-corrected chi connectivity index (χ2v) is 6.70. The number of nitrogens with zero attached hydrogens (tertiary/aromatic N) is 1. The van der Waals surface area contributed by atoms with Gasteiger partial charge in [0.25, 0.3) is 0 Å². The highest BCUT2D eigenvalue weighted by atomic mass is 16.4. The molecule has 0 radical (unpaired) electrons. The van der Waals surface area contributed by atoms with Crippen molar-refractivity contribution in [1.29, 1.82) is 0 Å². The molecule has 1 heterocycles. The van der Waals surface area contributed by atoms with Crippen molar-refractivity contribution in [2.75, 3.05) is 6.54 Å². The average Bonchev–Trinajstić information content (AvgIpc) is 2.45. The van der Waals surface area contributed by atoms with Crippen LogP contribution in [0.5, 0.6) is 0 Å². The number of hydrogen-bond acceptors (Lipinski definition) is 3. The van der Waals surface area contributed by atoms with E-state index in [0.29, 0.717) is 24.7 Å². The van der Waals surface area contributed by atoms with Gasteiger partial charge in [0.1, 0.15) is 0 Å². The van der Waals surface area contributed by atoms with E-state index in [0.717, 1.165) is 38.5 Å². The minimum Gasteiger partial charge on any atom is -0.481 e. The highest BCUT2D eigenvalue weighted by Crippen LogP contribution is 2.25. The van der Waals surface area contributed by atoms with Crippen molar-refractivity contribution in [3.05, 3.63) is 0 Å². The molecule has 0 spiro atoms. The maximum atomic E-state index is 12.4. The fourth-order valence-electron chi connectivity index (χ4n) is 3.78. The van der Waals surface area contributed by atoms with E-state index in [9.17, 15) is 9.59 Å². The molecule has 0 bridgehead atoms. The largest absolute Gasteiger partial charge is 0.481 e. The summed E-state index contributed by atoms with van der Waals surface area (Å²) in [5.74, 6) is -0.684. The molecule has 1 saturated heterocycles. The summed E-state index contributed by atoms with van der Waals surface area (Å²) in [7, 11) is 0. The van der Waals surface area contributed by atoms with Crippen LogP contribution in [0.4, 0.5) is 0 Å². The third-order valence-corrected chi connectivity index (χ3v) is 5.10. The van der Waals surface area contributed by atoms with Gasteiger partial charge in [-0.25, -0.2) is 0 Å². The fraction of sp³-hybridized carbons (Fsp3) is 0.875. The van der Waals surface area contributed by atoms with E-state index in [1.165, 1.54) is 6.42 Å². The monoisotopic (exact) mass is 296 g/mol. The van der Waals surface area contributed by atoms with Gasteiger partial charge in [-0.15, -0.1) is 0 Å². The van der Waals surface area contributed by atoms with E-state index in [4.69, 9.17) is 5.11 Å². The van der Waals surface area contributed by atoms with Crippen LogP contribution in [0.25, 0.3) is 0 Å². The Morgan fingerprint density at radius 2 is 1.62 bits per heavy atom. The Kier molecular flexibility index (Phi) is 5.62. The van der Waals surface area contributed by atoms with Crippen molar-refractivity contribution in [2.45, 2.75) is 76.9 Å². The number of carbonyl (C=O) groups is 2. The number of carboxylic acid groups (broad SMARTS) is 1. The highest BCUT2D eigenvalue weighted by molar-refractivity contribution is 5.79. The second-order valence-electron chi connectivity index (χ2n) is 6.70. The van der Waals surface area contributed by atoms with Crippen LogP contribution in [-0.4, -0.2) is 46.6 Å². The summed E-state index contributed by atoms with van der Waals surface area (Å²) in [6, 6.07) is 0.969. The summed E-state index contributed by atoms with van der Waals surface area (Å²) >= 11 is 0. The van der Waals surface area contributed by atoms with E-state index in [-0.39, 0.29) is 11.8 Å². The number of carbonyl (C=O) groups excluding carboxylic acids is 1. The number of rotatable bonds is 4. The van der Waals surface area contributed by atoms with Crippen LogP contribution in [0, 0.1) is 5.92 Å². The van der Waals surface area contributed by atoms with E-state index in [1.807, 2.05) is 4.90 Å². The number of hydrogen-bond donors (Lipinski definition) is 2. The van der Waals surface area contributed by atoms with Crippen molar-refractivity contribution in [3.8, 4) is 0 Å². The maximum Gasteiger partial charge on any atom is 0.306 e. The molecular weight excluding hydrogens is 268 g/mol. The Balaban J connectivity index is 1.75. The lowest BCUT2D eigenvalue weighted by Crippen LogP contribution is -2.51. The molecule has 5 heteroatoms. The summed E-state index contributed by atoms with van der Waals surface area (Å²) in [4.78, 5) is 25.4. The number of amides is 1. The van der Waals surface area contributed by atoms with Gasteiger partial charge < -0.3 is 15.3 Å². The molecule has 21 heavy (non-hydrogen) atoms. The molecule has 2 rings (SSSR count). The van der Waals surface area contributed by atoms with Crippen molar-refractivity contribution >= 4 is 11.9 Å². The van der Waals surface area contributed by atoms with Gasteiger partial charge in [0, 0.05) is 18.1 Å². The van der Waals surface area contributed by atoms with Crippen LogP contribution in [0.15, 0.2) is 0 Å². The van der Waals surface area contributed by atoms with Gasteiger partial charge in [-0.1, -0.05) is 0 Å². The molecule has 2 N–H and O–H groups in total. The van der Waals surface area contributed by atoms with Crippen LogP contribution in [0.1, 0.15) is 58.8 Å². The molecule has 1 saturated carbocycles. The van der Waals surface area contributed by atoms with Gasteiger partial charge in [-0.05, 0) is 58.8 Å². The van der Waals surface area contributed by atoms with Crippen molar-refractivity contribution in [3.63, 3.8) is 0 Å². The first-order valence-corrected chi connectivity index (χ1v) is 8.26. The Bertz CT molecular complexity index is 368. The first kappa shape index (κ1) is 16.3. The van der Waals surface area contributed by atoms with E-state index in [2.05, 4.69) is 19.2 Å². The quantitative estimate of drug-likeness (QED) is 0.832. The number of aliphatic carboxylic acids is 1. The predicted molar refractivity (Wildman–Crippen MR) is 81.0 cm³/mol. The van der Waals surface area contributed by atoms with Gasteiger partial charge in [0.2, 0.25) is 5.91 Å². The third kappa shape index (κ3) is 4.19. The molecule has 2 aliphatic rings. The van der Waals surface area contributed by atoms with Crippen LogP contribution in [-0.2, 0) is 9.59 Å². The molecule has 1 aliphatic heterocycles. The summed E-state index contributed by atoms with van der Waals surface area (Å²) in [6.07, 6.45) is 6.55. The van der Waals surface area contributed by atoms with Gasteiger partial charge in [0.15, 0.2) is 0 Å².